The van der Waals surface area contributed by atoms with Crippen LogP contribution in [0.2, 0.25) is 5.02 Å². The minimum absolute atomic E-state index is 0.0289. The van der Waals surface area contributed by atoms with Gasteiger partial charge in [0.25, 0.3) is 0 Å². The number of carbonyl (C=O) groups excluding carboxylic acids is 1. The van der Waals surface area contributed by atoms with Crippen LogP contribution in [0.25, 0.3) is 0 Å². The van der Waals surface area contributed by atoms with Crippen molar-refractivity contribution in [1.82, 2.24) is 0 Å². The van der Waals surface area contributed by atoms with E-state index < -0.39 is 27.9 Å². The van der Waals surface area contributed by atoms with E-state index in [1.165, 1.54) is 6.07 Å². The summed E-state index contributed by atoms with van der Waals surface area (Å²) >= 11 is 10.8. The van der Waals surface area contributed by atoms with Crippen molar-refractivity contribution >= 4 is 40.0 Å². The van der Waals surface area contributed by atoms with Gasteiger partial charge in [0.05, 0.1) is 23.4 Å². The number of carbonyl (C=O) groups is 1. The highest BCUT2D eigenvalue weighted by Crippen LogP contribution is 2.36. The molecule has 19 heavy (non-hydrogen) atoms. The van der Waals surface area contributed by atoms with Crippen molar-refractivity contribution < 1.29 is 22.7 Å². The Kier molecular flexibility index (Phi) is 5.02. The van der Waals surface area contributed by atoms with Gasteiger partial charge >= 0.3 is 12.1 Å². The van der Waals surface area contributed by atoms with Gasteiger partial charge in [-0.15, -0.1) is 0 Å². The van der Waals surface area contributed by atoms with Crippen molar-refractivity contribution in [3.63, 3.8) is 0 Å². The van der Waals surface area contributed by atoms with E-state index in [0.29, 0.717) is 0 Å². The second-order valence-corrected chi connectivity index (χ2v) is 3.96. The third kappa shape index (κ3) is 4.29. The Labute approximate surface area is 116 Å². The molecule has 1 aromatic rings. The Hall–Kier alpha value is -1.47. The van der Waals surface area contributed by atoms with Crippen LogP contribution in [0.1, 0.15) is 5.56 Å². The number of halogens is 5. The molecule has 0 aliphatic heterocycles. The highest BCUT2D eigenvalue weighted by atomic mass is 35.5. The van der Waals surface area contributed by atoms with Gasteiger partial charge in [-0.25, -0.2) is 4.79 Å². The molecule has 0 saturated heterocycles. The molecule has 0 aliphatic rings. The molecule has 0 saturated carbocycles. The molecule has 0 spiro atoms. The van der Waals surface area contributed by atoms with Gasteiger partial charge in [-0.2, -0.15) is 18.3 Å². The van der Waals surface area contributed by atoms with E-state index in [4.69, 9.17) is 23.2 Å². The molecular formula is C10H7Cl2F3N2O2. The fourth-order valence-corrected chi connectivity index (χ4v) is 1.40. The van der Waals surface area contributed by atoms with E-state index in [0.717, 1.165) is 19.2 Å². The molecule has 1 rings (SSSR count). The number of nitrogens with zero attached hydrogens (tertiary/aromatic N) is 1. The van der Waals surface area contributed by atoms with Crippen LogP contribution in [0.5, 0.6) is 0 Å². The maximum absolute atomic E-state index is 12.6. The second kappa shape index (κ2) is 6.12. The van der Waals surface area contributed by atoms with E-state index in [9.17, 15) is 18.0 Å². The van der Waals surface area contributed by atoms with E-state index in [1.807, 2.05) is 0 Å². The summed E-state index contributed by atoms with van der Waals surface area (Å²) in [7, 11) is 1.09. The van der Waals surface area contributed by atoms with Gasteiger partial charge in [0.2, 0.25) is 5.17 Å². The van der Waals surface area contributed by atoms with Crippen molar-refractivity contribution in [2.45, 2.75) is 6.18 Å². The molecule has 0 aliphatic carbocycles. The molecule has 9 heteroatoms. The van der Waals surface area contributed by atoms with Crippen LogP contribution in [-0.4, -0.2) is 18.2 Å². The summed E-state index contributed by atoms with van der Waals surface area (Å²) in [6.07, 6.45) is -4.59. The number of rotatable bonds is 3. The van der Waals surface area contributed by atoms with Gasteiger partial charge in [-0.1, -0.05) is 23.2 Å². The SMILES string of the molecule is COC(=O)C(Cl)=NNc1ccc(Cl)c(C(F)(F)F)c1. The van der Waals surface area contributed by atoms with E-state index in [2.05, 4.69) is 15.3 Å². The van der Waals surface area contributed by atoms with Gasteiger partial charge < -0.3 is 4.74 Å². The van der Waals surface area contributed by atoms with Crippen molar-refractivity contribution in [2.75, 3.05) is 12.5 Å². The average Bonchev–Trinajstić information content (AvgIpc) is 2.35. The molecule has 1 aromatic carbocycles. The molecule has 0 atom stereocenters. The number of alkyl halides is 3. The molecule has 0 heterocycles. The summed E-state index contributed by atoms with van der Waals surface area (Å²) in [6, 6.07) is 3.05. The maximum atomic E-state index is 12.6. The summed E-state index contributed by atoms with van der Waals surface area (Å²) in [5.41, 5.74) is 1.14. The molecule has 104 valence electrons. The minimum Gasteiger partial charge on any atom is -0.464 e. The summed E-state index contributed by atoms with van der Waals surface area (Å²) in [6.45, 7) is 0. The third-order valence-electron chi connectivity index (χ3n) is 1.91. The number of hydrazone groups is 1. The Morgan fingerprint density at radius 3 is 2.58 bits per heavy atom. The van der Waals surface area contributed by atoms with Gasteiger partial charge in [0.1, 0.15) is 0 Å². The molecule has 0 fully saturated rings. The van der Waals surface area contributed by atoms with Crippen LogP contribution in [-0.2, 0) is 15.7 Å². The fourth-order valence-electron chi connectivity index (χ4n) is 1.06. The van der Waals surface area contributed by atoms with Crippen molar-refractivity contribution in [2.24, 2.45) is 5.10 Å². The number of hydrogen-bond donors (Lipinski definition) is 1. The molecule has 1 N–H and O–H groups in total. The summed E-state index contributed by atoms with van der Waals surface area (Å²) in [4.78, 5) is 10.9. The summed E-state index contributed by atoms with van der Waals surface area (Å²) in [5, 5.41) is 2.37. The molecule has 0 aromatic heterocycles. The van der Waals surface area contributed by atoms with E-state index in [1.54, 1.807) is 0 Å². The molecule has 4 nitrogen and oxygen atoms in total. The van der Waals surface area contributed by atoms with Gasteiger partial charge in [0.15, 0.2) is 0 Å². The molecular weight excluding hydrogens is 308 g/mol. The first-order valence-corrected chi connectivity index (χ1v) is 5.45. The lowest BCUT2D eigenvalue weighted by Crippen LogP contribution is -2.11. The van der Waals surface area contributed by atoms with Crippen LogP contribution in [0.4, 0.5) is 18.9 Å². The smallest absolute Gasteiger partial charge is 0.417 e. The normalized spacial score (nSPS) is 12.2. The Bertz CT molecular complexity index is 518. The highest BCUT2D eigenvalue weighted by Gasteiger charge is 2.33. The number of anilines is 1. The zero-order valence-corrected chi connectivity index (χ0v) is 10.9. The number of benzene rings is 1. The van der Waals surface area contributed by atoms with Crippen molar-refractivity contribution in [3.8, 4) is 0 Å². The molecule has 0 radical (unpaired) electrons. The Morgan fingerprint density at radius 1 is 1.42 bits per heavy atom. The van der Waals surface area contributed by atoms with Crippen LogP contribution in [0, 0.1) is 0 Å². The standard InChI is InChI=1S/C10H7Cl2F3N2O2/c1-19-9(18)8(12)17-16-5-2-3-7(11)6(4-5)10(13,14)15/h2-4,16H,1H3. The van der Waals surface area contributed by atoms with Crippen LogP contribution >= 0.6 is 23.2 Å². The number of hydrogen-bond acceptors (Lipinski definition) is 4. The van der Waals surface area contributed by atoms with Crippen molar-refractivity contribution in [3.05, 3.63) is 28.8 Å². The number of ether oxygens (including phenoxy) is 1. The quantitative estimate of drug-likeness (QED) is 0.528. The Morgan fingerprint density at radius 2 is 2.05 bits per heavy atom. The average molecular weight is 315 g/mol. The molecule has 0 unspecified atom stereocenters. The van der Waals surface area contributed by atoms with Crippen molar-refractivity contribution in [1.29, 1.82) is 0 Å². The summed E-state index contributed by atoms with van der Waals surface area (Å²) in [5.74, 6) is -0.917. The van der Waals surface area contributed by atoms with Gasteiger partial charge in [-0.05, 0) is 18.2 Å². The van der Waals surface area contributed by atoms with Gasteiger partial charge in [-0.3, -0.25) is 5.43 Å². The lowest BCUT2D eigenvalue weighted by Gasteiger charge is -2.10. The first-order valence-electron chi connectivity index (χ1n) is 4.70. The van der Waals surface area contributed by atoms with E-state index >= 15 is 0 Å². The zero-order valence-electron chi connectivity index (χ0n) is 9.39. The predicted molar refractivity (Wildman–Crippen MR) is 65.4 cm³/mol. The van der Waals surface area contributed by atoms with Crippen LogP contribution < -0.4 is 5.43 Å². The molecule has 0 bridgehead atoms. The first-order chi connectivity index (χ1) is 8.75. The lowest BCUT2D eigenvalue weighted by molar-refractivity contribution is -0.137. The highest BCUT2D eigenvalue weighted by molar-refractivity contribution is 6.82. The maximum Gasteiger partial charge on any atom is 0.417 e. The van der Waals surface area contributed by atoms with Gasteiger partial charge in [0, 0.05) is 0 Å². The largest absolute Gasteiger partial charge is 0.464 e. The number of nitrogens with one attached hydrogen (secondary N) is 1. The van der Waals surface area contributed by atoms with E-state index in [-0.39, 0.29) is 5.69 Å². The number of methoxy groups -OCH3 is 1. The topological polar surface area (TPSA) is 50.7 Å². The number of esters is 1. The minimum atomic E-state index is -4.59. The lowest BCUT2D eigenvalue weighted by atomic mass is 10.2. The van der Waals surface area contributed by atoms with Crippen LogP contribution in [0.15, 0.2) is 23.3 Å². The second-order valence-electron chi connectivity index (χ2n) is 3.20. The van der Waals surface area contributed by atoms with Crippen LogP contribution in [0.3, 0.4) is 0 Å². The zero-order chi connectivity index (χ0) is 14.6. The predicted octanol–water partition coefficient (Wildman–Crippen LogP) is 3.50. The summed E-state index contributed by atoms with van der Waals surface area (Å²) < 4.78 is 41.9. The molecule has 0 amide bonds. The monoisotopic (exact) mass is 314 g/mol. The first kappa shape index (κ1) is 15.6. The fraction of sp³-hybridized carbons (Fsp3) is 0.200. The Balaban J connectivity index is 2.96. The third-order valence-corrected chi connectivity index (χ3v) is 2.48.